The van der Waals surface area contributed by atoms with Gasteiger partial charge >= 0.3 is 0 Å². The molecule has 0 bridgehead atoms. The summed E-state index contributed by atoms with van der Waals surface area (Å²) in [6, 6.07) is 11.4. The number of amides is 2. The maximum Gasteiger partial charge on any atom is 0.243 e. The number of carbonyl (C=O) groups excluding carboxylic acids is 2. The van der Waals surface area contributed by atoms with Gasteiger partial charge in [0.1, 0.15) is 5.75 Å². The number of hydrogen-bond donors (Lipinski definition) is 2. The molecule has 0 aliphatic rings. The largest absolute Gasteiger partial charge is 0.496 e. The van der Waals surface area contributed by atoms with Crippen molar-refractivity contribution in [2.75, 3.05) is 26.0 Å². The van der Waals surface area contributed by atoms with E-state index < -0.39 is 6.04 Å². The van der Waals surface area contributed by atoms with E-state index in [1.54, 1.807) is 7.11 Å². The van der Waals surface area contributed by atoms with Crippen molar-refractivity contribution in [1.82, 2.24) is 10.2 Å². The Balaban J connectivity index is 1.91. The number of para-hydroxylation sites is 1. The van der Waals surface area contributed by atoms with E-state index in [2.05, 4.69) is 16.7 Å². The fraction of sp³-hybridized carbons (Fsp3) is 0.391. The molecule has 2 N–H and O–H groups in total. The van der Waals surface area contributed by atoms with Gasteiger partial charge in [0.05, 0.1) is 19.7 Å². The van der Waals surface area contributed by atoms with Gasteiger partial charge in [-0.1, -0.05) is 35.9 Å². The standard InChI is InChI=1S/C23H31N3O3/c1-15-10-11-20(29-6)19(12-15)14-26(5)18(4)23(28)24-13-21(27)25-22-16(2)8-7-9-17(22)3/h7-12,18H,13-14H2,1-6H3,(H,24,28)(H,25,27)/t18-/m0/s1. The molecular weight excluding hydrogens is 366 g/mol. The number of methoxy groups -OCH3 is 1. The number of aryl methyl sites for hydroxylation is 3. The maximum absolute atomic E-state index is 12.5. The first-order valence-electron chi connectivity index (χ1n) is 9.70. The summed E-state index contributed by atoms with van der Waals surface area (Å²) >= 11 is 0. The van der Waals surface area contributed by atoms with Gasteiger partial charge in [-0.15, -0.1) is 0 Å². The molecule has 0 unspecified atom stereocenters. The highest BCUT2D eigenvalue weighted by Crippen LogP contribution is 2.22. The maximum atomic E-state index is 12.5. The third-order valence-electron chi connectivity index (χ3n) is 5.06. The van der Waals surface area contributed by atoms with Crippen molar-refractivity contribution in [3.8, 4) is 5.75 Å². The van der Waals surface area contributed by atoms with Gasteiger partial charge in [0, 0.05) is 17.8 Å². The van der Waals surface area contributed by atoms with E-state index in [4.69, 9.17) is 4.74 Å². The van der Waals surface area contributed by atoms with E-state index in [0.717, 1.165) is 33.7 Å². The van der Waals surface area contributed by atoms with Crippen LogP contribution in [0.2, 0.25) is 0 Å². The Morgan fingerprint density at radius 3 is 2.38 bits per heavy atom. The van der Waals surface area contributed by atoms with Crippen molar-refractivity contribution < 1.29 is 14.3 Å². The zero-order valence-electron chi connectivity index (χ0n) is 18.1. The molecule has 2 aromatic carbocycles. The summed E-state index contributed by atoms with van der Waals surface area (Å²) in [7, 11) is 3.52. The summed E-state index contributed by atoms with van der Waals surface area (Å²) in [5.41, 5.74) is 4.93. The second-order valence-electron chi connectivity index (χ2n) is 7.44. The van der Waals surface area contributed by atoms with Crippen molar-refractivity contribution in [2.45, 2.75) is 40.3 Å². The van der Waals surface area contributed by atoms with Crippen LogP contribution < -0.4 is 15.4 Å². The van der Waals surface area contributed by atoms with Gasteiger partial charge in [0.15, 0.2) is 0 Å². The number of nitrogens with one attached hydrogen (secondary N) is 2. The predicted octanol–water partition coefficient (Wildman–Crippen LogP) is 3.20. The fourth-order valence-electron chi connectivity index (χ4n) is 3.15. The molecule has 2 amide bonds. The molecule has 0 saturated heterocycles. The first-order chi connectivity index (χ1) is 13.7. The summed E-state index contributed by atoms with van der Waals surface area (Å²) in [4.78, 5) is 26.7. The van der Waals surface area contributed by atoms with Crippen LogP contribution in [0.3, 0.4) is 0 Å². The number of benzene rings is 2. The minimum absolute atomic E-state index is 0.0709. The molecule has 0 aliphatic carbocycles. The monoisotopic (exact) mass is 397 g/mol. The third-order valence-corrected chi connectivity index (χ3v) is 5.06. The van der Waals surface area contributed by atoms with Crippen molar-refractivity contribution in [1.29, 1.82) is 0 Å². The lowest BCUT2D eigenvalue weighted by Crippen LogP contribution is -2.45. The van der Waals surface area contributed by atoms with Crippen LogP contribution in [-0.2, 0) is 16.1 Å². The Bertz CT molecular complexity index is 859. The van der Waals surface area contributed by atoms with Crippen molar-refractivity contribution >= 4 is 17.5 Å². The number of nitrogens with zero attached hydrogens (tertiary/aromatic N) is 1. The summed E-state index contributed by atoms with van der Waals surface area (Å²) in [6.07, 6.45) is 0. The first kappa shape index (κ1) is 22.4. The van der Waals surface area contributed by atoms with E-state index in [1.165, 1.54) is 0 Å². The van der Waals surface area contributed by atoms with Gasteiger partial charge in [-0.3, -0.25) is 14.5 Å². The van der Waals surface area contributed by atoms with Gasteiger partial charge in [-0.2, -0.15) is 0 Å². The Morgan fingerprint density at radius 1 is 1.10 bits per heavy atom. The molecule has 6 heteroatoms. The third kappa shape index (κ3) is 6.06. The predicted molar refractivity (Wildman–Crippen MR) is 116 cm³/mol. The quantitative estimate of drug-likeness (QED) is 0.718. The van der Waals surface area contributed by atoms with Gasteiger partial charge in [-0.25, -0.2) is 0 Å². The van der Waals surface area contributed by atoms with Gasteiger partial charge in [0.2, 0.25) is 11.8 Å². The second kappa shape index (κ2) is 10.1. The van der Waals surface area contributed by atoms with Gasteiger partial charge < -0.3 is 15.4 Å². The Morgan fingerprint density at radius 2 is 1.76 bits per heavy atom. The van der Waals surface area contributed by atoms with Crippen molar-refractivity contribution in [3.05, 3.63) is 58.7 Å². The van der Waals surface area contributed by atoms with Crippen LogP contribution in [0.1, 0.15) is 29.2 Å². The molecule has 0 spiro atoms. The van der Waals surface area contributed by atoms with Crippen molar-refractivity contribution in [3.63, 3.8) is 0 Å². The second-order valence-corrected chi connectivity index (χ2v) is 7.44. The molecule has 2 rings (SSSR count). The molecule has 0 heterocycles. The topological polar surface area (TPSA) is 70.7 Å². The SMILES string of the molecule is COc1ccc(C)cc1CN(C)[C@@H](C)C(=O)NCC(=O)Nc1c(C)cccc1C. The van der Waals surface area contributed by atoms with Crippen LogP contribution in [0.4, 0.5) is 5.69 Å². The Labute approximate surface area is 173 Å². The van der Waals surface area contributed by atoms with E-state index in [1.807, 2.05) is 70.0 Å². The molecular formula is C23H31N3O3. The summed E-state index contributed by atoms with van der Waals surface area (Å²) < 4.78 is 5.42. The number of rotatable bonds is 8. The highest BCUT2D eigenvalue weighted by atomic mass is 16.5. The van der Waals surface area contributed by atoms with E-state index in [-0.39, 0.29) is 18.4 Å². The Kier molecular flexibility index (Phi) is 7.79. The number of anilines is 1. The molecule has 0 saturated carbocycles. The van der Waals surface area contributed by atoms with E-state index in [0.29, 0.717) is 6.54 Å². The van der Waals surface area contributed by atoms with Crippen LogP contribution in [-0.4, -0.2) is 43.5 Å². The molecule has 0 fully saturated rings. The highest BCUT2D eigenvalue weighted by Gasteiger charge is 2.20. The molecule has 0 aliphatic heterocycles. The Hall–Kier alpha value is -2.86. The minimum atomic E-state index is -0.395. The smallest absolute Gasteiger partial charge is 0.243 e. The minimum Gasteiger partial charge on any atom is -0.496 e. The normalized spacial score (nSPS) is 11.8. The van der Waals surface area contributed by atoms with Crippen molar-refractivity contribution in [2.24, 2.45) is 0 Å². The number of carbonyl (C=O) groups is 2. The van der Waals surface area contributed by atoms with Crippen LogP contribution >= 0.6 is 0 Å². The first-order valence-corrected chi connectivity index (χ1v) is 9.70. The van der Waals surface area contributed by atoms with Crippen LogP contribution in [0.15, 0.2) is 36.4 Å². The molecule has 0 radical (unpaired) electrons. The molecule has 1 atom stereocenters. The molecule has 6 nitrogen and oxygen atoms in total. The lowest BCUT2D eigenvalue weighted by atomic mass is 10.1. The average molecular weight is 398 g/mol. The molecule has 2 aromatic rings. The molecule has 29 heavy (non-hydrogen) atoms. The van der Waals surface area contributed by atoms with Gasteiger partial charge in [0.25, 0.3) is 0 Å². The average Bonchev–Trinajstić information content (AvgIpc) is 2.68. The number of ether oxygens (including phenoxy) is 1. The lowest BCUT2D eigenvalue weighted by molar-refractivity contribution is -0.127. The number of hydrogen-bond acceptors (Lipinski definition) is 4. The molecule has 0 aromatic heterocycles. The van der Waals surface area contributed by atoms with E-state index >= 15 is 0 Å². The summed E-state index contributed by atoms with van der Waals surface area (Å²) in [6.45, 7) is 8.22. The summed E-state index contributed by atoms with van der Waals surface area (Å²) in [5, 5.41) is 5.60. The zero-order valence-corrected chi connectivity index (χ0v) is 18.1. The van der Waals surface area contributed by atoms with Crippen LogP contribution in [0.5, 0.6) is 5.75 Å². The number of likely N-dealkylation sites (N-methyl/N-ethyl adjacent to an activating group) is 1. The van der Waals surface area contributed by atoms with Crippen LogP contribution in [0, 0.1) is 20.8 Å². The summed E-state index contributed by atoms with van der Waals surface area (Å²) in [5.74, 6) is 0.352. The highest BCUT2D eigenvalue weighted by molar-refractivity contribution is 5.96. The van der Waals surface area contributed by atoms with Crippen LogP contribution in [0.25, 0.3) is 0 Å². The van der Waals surface area contributed by atoms with E-state index in [9.17, 15) is 9.59 Å². The fourth-order valence-corrected chi connectivity index (χ4v) is 3.15. The zero-order chi connectivity index (χ0) is 21.6. The molecule has 156 valence electrons. The lowest BCUT2D eigenvalue weighted by Gasteiger charge is -2.25. The van der Waals surface area contributed by atoms with Gasteiger partial charge in [-0.05, 0) is 51.9 Å².